The lowest BCUT2D eigenvalue weighted by Crippen LogP contribution is -2.19. The highest BCUT2D eigenvalue weighted by molar-refractivity contribution is 5.94. The van der Waals surface area contributed by atoms with E-state index in [2.05, 4.69) is 31.5 Å². The van der Waals surface area contributed by atoms with Crippen LogP contribution in [0.25, 0.3) is 10.9 Å². The first kappa shape index (κ1) is 12.4. The summed E-state index contributed by atoms with van der Waals surface area (Å²) in [7, 11) is 0. The molecule has 3 heterocycles. The highest BCUT2D eigenvalue weighted by Gasteiger charge is 2.25. The van der Waals surface area contributed by atoms with E-state index in [1.807, 2.05) is 0 Å². The molecule has 2 aromatic heterocycles. The summed E-state index contributed by atoms with van der Waals surface area (Å²) in [5.41, 5.74) is 0.819. The Kier molecular flexibility index (Phi) is 2.99. The molecule has 7 nitrogen and oxygen atoms in total. The minimum atomic E-state index is -0.159. The summed E-state index contributed by atoms with van der Waals surface area (Å²) >= 11 is 0. The number of nitrogens with one attached hydrogen (secondary N) is 2. The Morgan fingerprint density at radius 1 is 1.65 bits per heavy atom. The normalized spacial score (nSPS) is 18.2. The number of rotatable bonds is 2. The van der Waals surface area contributed by atoms with Crippen molar-refractivity contribution in [2.45, 2.75) is 13.3 Å². The fraction of sp³-hybridized carbons (Fsp3) is 0.385. The molecule has 3 rings (SSSR count). The summed E-state index contributed by atoms with van der Waals surface area (Å²) < 4.78 is 0. The van der Waals surface area contributed by atoms with Gasteiger partial charge in [-0.15, -0.1) is 0 Å². The highest BCUT2D eigenvalue weighted by atomic mass is 16.1. The fourth-order valence-corrected chi connectivity index (χ4v) is 2.45. The Hall–Kier alpha value is -2.62. The first-order valence-corrected chi connectivity index (χ1v) is 6.43. The van der Waals surface area contributed by atoms with Gasteiger partial charge in [0.1, 0.15) is 5.82 Å². The molecule has 1 aliphatic heterocycles. The van der Waals surface area contributed by atoms with Crippen molar-refractivity contribution in [1.82, 2.24) is 15.2 Å². The van der Waals surface area contributed by atoms with Gasteiger partial charge in [0.25, 0.3) is 0 Å². The third-order valence-electron chi connectivity index (χ3n) is 3.40. The number of carbonyl (C=O) groups is 1. The Labute approximate surface area is 115 Å². The fourth-order valence-electron chi connectivity index (χ4n) is 2.45. The molecule has 1 aliphatic rings. The van der Waals surface area contributed by atoms with E-state index in [0.717, 1.165) is 29.7 Å². The molecule has 2 N–H and O–H groups in total. The zero-order chi connectivity index (χ0) is 14.1. The largest absolute Gasteiger partial charge is 0.353 e. The molecular weight excluding hydrogens is 256 g/mol. The first-order chi connectivity index (χ1) is 9.67. The molecule has 0 saturated carbocycles. The van der Waals surface area contributed by atoms with Crippen molar-refractivity contribution in [2.24, 2.45) is 5.92 Å². The predicted octanol–water partition coefficient (Wildman–Crippen LogP) is 1.27. The van der Waals surface area contributed by atoms with Crippen LogP contribution in [0.4, 0.5) is 11.6 Å². The van der Waals surface area contributed by atoms with Gasteiger partial charge in [0.15, 0.2) is 5.82 Å². The van der Waals surface area contributed by atoms with E-state index in [4.69, 9.17) is 5.26 Å². The van der Waals surface area contributed by atoms with E-state index in [1.54, 1.807) is 12.3 Å². The lowest BCUT2D eigenvalue weighted by Gasteiger charge is -2.14. The minimum absolute atomic E-state index is 0.0633. The Morgan fingerprint density at radius 2 is 2.50 bits per heavy atom. The molecule has 7 heteroatoms. The van der Waals surface area contributed by atoms with E-state index in [1.165, 1.54) is 6.92 Å². The Balaban J connectivity index is 1.91. The average Bonchev–Trinajstić information content (AvgIpc) is 3.02. The third kappa shape index (κ3) is 2.16. The van der Waals surface area contributed by atoms with Gasteiger partial charge in [0, 0.05) is 32.3 Å². The van der Waals surface area contributed by atoms with E-state index in [-0.39, 0.29) is 11.8 Å². The molecule has 1 saturated heterocycles. The van der Waals surface area contributed by atoms with Crippen LogP contribution in [0.15, 0.2) is 12.3 Å². The second kappa shape index (κ2) is 4.81. The molecule has 0 aromatic carbocycles. The summed E-state index contributed by atoms with van der Waals surface area (Å²) in [6.07, 6.45) is 2.56. The van der Waals surface area contributed by atoms with E-state index in [9.17, 15) is 4.79 Å². The van der Waals surface area contributed by atoms with Crippen molar-refractivity contribution >= 4 is 28.4 Å². The van der Waals surface area contributed by atoms with E-state index < -0.39 is 0 Å². The molecule has 20 heavy (non-hydrogen) atoms. The highest BCUT2D eigenvalue weighted by Crippen LogP contribution is 2.29. The molecule has 1 amide bonds. The molecule has 0 aliphatic carbocycles. The Morgan fingerprint density at radius 3 is 3.20 bits per heavy atom. The van der Waals surface area contributed by atoms with Crippen molar-refractivity contribution in [3.8, 4) is 6.07 Å². The van der Waals surface area contributed by atoms with Crippen molar-refractivity contribution in [3.05, 3.63) is 12.3 Å². The molecule has 0 unspecified atom stereocenters. The summed E-state index contributed by atoms with van der Waals surface area (Å²) in [6, 6.07) is 4.05. The quantitative estimate of drug-likeness (QED) is 0.856. The number of amides is 1. The van der Waals surface area contributed by atoms with Gasteiger partial charge >= 0.3 is 0 Å². The number of nitriles is 1. The van der Waals surface area contributed by atoms with E-state index in [0.29, 0.717) is 12.4 Å². The summed E-state index contributed by atoms with van der Waals surface area (Å²) in [5, 5.41) is 19.7. The van der Waals surface area contributed by atoms with Crippen LogP contribution in [0, 0.1) is 17.2 Å². The summed E-state index contributed by atoms with van der Waals surface area (Å²) in [4.78, 5) is 17.3. The molecule has 1 fully saturated rings. The predicted molar refractivity (Wildman–Crippen MR) is 74.1 cm³/mol. The van der Waals surface area contributed by atoms with Gasteiger partial charge in [-0.1, -0.05) is 0 Å². The number of fused-ring (bicyclic) bond motifs is 1. The maximum atomic E-state index is 11.0. The third-order valence-corrected chi connectivity index (χ3v) is 3.40. The number of hydrogen-bond acceptors (Lipinski definition) is 5. The number of carbonyl (C=O) groups excluding carboxylic acids is 1. The van der Waals surface area contributed by atoms with Crippen LogP contribution >= 0.6 is 0 Å². The number of aromatic nitrogens is 3. The monoisotopic (exact) mass is 270 g/mol. The van der Waals surface area contributed by atoms with Crippen LogP contribution in [0.3, 0.4) is 0 Å². The molecule has 0 radical (unpaired) electrons. The molecule has 0 spiro atoms. The van der Waals surface area contributed by atoms with Crippen LogP contribution in [0.2, 0.25) is 0 Å². The van der Waals surface area contributed by atoms with Gasteiger partial charge in [0.05, 0.1) is 22.9 Å². The number of hydrogen-bond donors (Lipinski definition) is 2. The molecule has 1 atom stereocenters. The number of aromatic amines is 1. The lowest BCUT2D eigenvalue weighted by atomic mass is 10.1. The number of nitrogens with zero attached hydrogens (tertiary/aromatic N) is 4. The zero-order valence-electron chi connectivity index (χ0n) is 11.1. The second-order valence-corrected chi connectivity index (χ2v) is 4.90. The van der Waals surface area contributed by atoms with Crippen LogP contribution in [-0.2, 0) is 4.79 Å². The van der Waals surface area contributed by atoms with Crippen LogP contribution in [0.5, 0.6) is 0 Å². The molecule has 2 aromatic rings. The van der Waals surface area contributed by atoms with Crippen molar-refractivity contribution in [2.75, 3.05) is 23.3 Å². The average molecular weight is 270 g/mol. The number of anilines is 2. The molecule has 0 bridgehead atoms. The van der Waals surface area contributed by atoms with Gasteiger partial charge in [-0.25, -0.2) is 4.98 Å². The number of pyridine rings is 1. The van der Waals surface area contributed by atoms with Gasteiger partial charge in [-0.3, -0.25) is 9.89 Å². The maximum Gasteiger partial charge on any atom is 0.222 e. The molecular formula is C13H14N6O. The molecule has 102 valence electrons. The minimum Gasteiger partial charge on any atom is -0.353 e. The lowest BCUT2D eigenvalue weighted by molar-refractivity contribution is -0.114. The van der Waals surface area contributed by atoms with Crippen LogP contribution < -0.4 is 10.2 Å². The smallest absolute Gasteiger partial charge is 0.222 e. The van der Waals surface area contributed by atoms with Gasteiger partial charge in [-0.2, -0.15) is 10.4 Å². The van der Waals surface area contributed by atoms with Crippen molar-refractivity contribution in [3.63, 3.8) is 0 Å². The van der Waals surface area contributed by atoms with Gasteiger partial charge < -0.3 is 10.2 Å². The van der Waals surface area contributed by atoms with Gasteiger partial charge in [-0.05, 0) is 6.42 Å². The van der Waals surface area contributed by atoms with Crippen molar-refractivity contribution < 1.29 is 4.79 Å². The summed E-state index contributed by atoms with van der Waals surface area (Å²) in [5.74, 6) is 1.22. The Bertz CT molecular complexity index is 700. The number of H-pyrrole nitrogens is 1. The second-order valence-electron chi connectivity index (χ2n) is 4.90. The SMILES string of the molecule is CC(=O)Nc1cc2[nH]nc(N3CC[C@H](C#N)C3)c2cn1. The first-order valence-electron chi connectivity index (χ1n) is 6.43. The summed E-state index contributed by atoms with van der Waals surface area (Å²) in [6.45, 7) is 2.96. The zero-order valence-corrected chi connectivity index (χ0v) is 11.1. The van der Waals surface area contributed by atoms with Crippen LogP contribution in [-0.4, -0.2) is 34.2 Å². The van der Waals surface area contributed by atoms with E-state index >= 15 is 0 Å². The van der Waals surface area contributed by atoms with Crippen molar-refractivity contribution in [1.29, 1.82) is 5.26 Å². The van der Waals surface area contributed by atoms with Crippen LogP contribution in [0.1, 0.15) is 13.3 Å². The maximum absolute atomic E-state index is 11.0. The van der Waals surface area contributed by atoms with Gasteiger partial charge in [0.2, 0.25) is 5.91 Å². The standard InChI is InChI=1S/C13H14N6O/c1-8(20)16-12-4-11-10(6-15-12)13(18-17-11)19-3-2-9(5-14)7-19/h4,6,9H,2-3,7H2,1H3,(H,17,18)(H,15,16,20)/t9-/m1/s1. The topological polar surface area (TPSA) is 97.7 Å².